The van der Waals surface area contributed by atoms with Crippen LogP contribution in [-0.2, 0) is 14.3 Å². The van der Waals surface area contributed by atoms with E-state index in [9.17, 15) is 9.59 Å². The summed E-state index contributed by atoms with van der Waals surface area (Å²) in [6.45, 7) is 8.73. The van der Waals surface area contributed by atoms with Crippen LogP contribution >= 0.6 is 0 Å². The summed E-state index contributed by atoms with van der Waals surface area (Å²) >= 11 is 0. The Morgan fingerprint density at radius 2 is 1.78 bits per heavy atom. The minimum absolute atomic E-state index is 0.00241. The molecule has 18 heavy (non-hydrogen) atoms. The molecule has 0 rings (SSSR count). The van der Waals surface area contributed by atoms with E-state index < -0.39 is 0 Å². The second-order valence-corrected chi connectivity index (χ2v) is 5.15. The van der Waals surface area contributed by atoms with Gasteiger partial charge in [0.1, 0.15) is 0 Å². The first-order valence-electron chi connectivity index (χ1n) is 6.40. The molecule has 1 amide bonds. The summed E-state index contributed by atoms with van der Waals surface area (Å²) in [4.78, 5) is 25.1. The van der Waals surface area contributed by atoms with Crippen LogP contribution < -0.4 is 5.73 Å². The standard InChI is InChI=1S/C13H26N2O3/c1-9(2)8-15(7-6-12(16)18-5)13(17)10(3)11(4)14/h9-11H,6-8,14H2,1-5H3. The van der Waals surface area contributed by atoms with Crippen LogP contribution in [0.3, 0.4) is 0 Å². The van der Waals surface area contributed by atoms with Gasteiger partial charge in [0.2, 0.25) is 5.91 Å². The van der Waals surface area contributed by atoms with Crippen molar-refractivity contribution < 1.29 is 14.3 Å². The number of nitrogens with two attached hydrogens (primary N) is 1. The number of rotatable bonds is 7. The van der Waals surface area contributed by atoms with Crippen molar-refractivity contribution in [1.82, 2.24) is 4.90 Å². The van der Waals surface area contributed by atoms with Crippen LogP contribution in [0.1, 0.15) is 34.1 Å². The Morgan fingerprint density at radius 3 is 2.17 bits per heavy atom. The highest BCUT2D eigenvalue weighted by Crippen LogP contribution is 2.09. The predicted octanol–water partition coefficient (Wildman–Crippen LogP) is 1.02. The topological polar surface area (TPSA) is 72.6 Å². The van der Waals surface area contributed by atoms with Gasteiger partial charge in [-0.05, 0) is 12.8 Å². The number of carbonyl (C=O) groups is 2. The molecule has 0 aromatic heterocycles. The average molecular weight is 258 g/mol. The van der Waals surface area contributed by atoms with Gasteiger partial charge in [-0.3, -0.25) is 9.59 Å². The molecule has 0 spiro atoms. The van der Waals surface area contributed by atoms with Crippen LogP contribution in [-0.4, -0.2) is 43.0 Å². The van der Waals surface area contributed by atoms with Gasteiger partial charge >= 0.3 is 5.97 Å². The zero-order valence-corrected chi connectivity index (χ0v) is 12.1. The first-order chi connectivity index (χ1) is 8.29. The van der Waals surface area contributed by atoms with E-state index in [4.69, 9.17) is 5.73 Å². The highest BCUT2D eigenvalue weighted by molar-refractivity contribution is 5.80. The van der Waals surface area contributed by atoms with E-state index in [0.717, 1.165) is 0 Å². The fourth-order valence-electron chi connectivity index (χ4n) is 1.57. The molecule has 2 atom stereocenters. The van der Waals surface area contributed by atoms with Crippen molar-refractivity contribution in [2.24, 2.45) is 17.6 Å². The van der Waals surface area contributed by atoms with Gasteiger partial charge in [0, 0.05) is 19.1 Å². The van der Waals surface area contributed by atoms with Crippen LogP contribution in [0.25, 0.3) is 0 Å². The summed E-state index contributed by atoms with van der Waals surface area (Å²) < 4.78 is 4.59. The largest absolute Gasteiger partial charge is 0.469 e. The summed E-state index contributed by atoms with van der Waals surface area (Å²) in [5.74, 6) is -0.180. The Bertz CT molecular complexity index is 277. The van der Waals surface area contributed by atoms with E-state index in [1.54, 1.807) is 4.90 Å². The molecular formula is C13H26N2O3. The smallest absolute Gasteiger partial charge is 0.307 e. The number of amides is 1. The van der Waals surface area contributed by atoms with Crippen molar-refractivity contribution >= 4 is 11.9 Å². The number of hydrogen-bond acceptors (Lipinski definition) is 4. The predicted molar refractivity (Wildman–Crippen MR) is 70.9 cm³/mol. The van der Waals surface area contributed by atoms with Gasteiger partial charge in [0.05, 0.1) is 19.4 Å². The van der Waals surface area contributed by atoms with Crippen molar-refractivity contribution in [3.63, 3.8) is 0 Å². The lowest BCUT2D eigenvalue weighted by Gasteiger charge is -2.28. The van der Waals surface area contributed by atoms with Crippen LogP contribution in [0.4, 0.5) is 0 Å². The molecule has 106 valence electrons. The lowest BCUT2D eigenvalue weighted by atomic mass is 10.0. The number of esters is 1. The second-order valence-electron chi connectivity index (χ2n) is 5.15. The molecule has 0 saturated carbocycles. The lowest BCUT2D eigenvalue weighted by Crippen LogP contribution is -2.44. The summed E-state index contributed by atoms with van der Waals surface area (Å²) in [5.41, 5.74) is 5.75. The number of hydrogen-bond donors (Lipinski definition) is 1. The third kappa shape index (κ3) is 6.00. The average Bonchev–Trinajstić information content (AvgIpc) is 2.31. The number of nitrogens with zero attached hydrogens (tertiary/aromatic N) is 1. The van der Waals surface area contributed by atoms with Gasteiger partial charge in [-0.1, -0.05) is 20.8 Å². The van der Waals surface area contributed by atoms with Gasteiger partial charge in [0.25, 0.3) is 0 Å². The maximum Gasteiger partial charge on any atom is 0.307 e. The Morgan fingerprint density at radius 1 is 1.22 bits per heavy atom. The SMILES string of the molecule is COC(=O)CCN(CC(C)C)C(=O)C(C)C(C)N. The molecule has 0 aromatic rings. The highest BCUT2D eigenvalue weighted by atomic mass is 16.5. The minimum Gasteiger partial charge on any atom is -0.469 e. The molecular weight excluding hydrogens is 232 g/mol. The molecule has 2 unspecified atom stereocenters. The Balaban J connectivity index is 4.56. The fourth-order valence-corrected chi connectivity index (χ4v) is 1.57. The van der Waals surface area contributed by atoms with Crippen LogP contribution in [0.2, 0.25) is 0 Å². The molecule has 0 aliphatic rings. The number of ether oxygens (including phenoxy) is 1. The molecule has 2 N–H and O–H groups in total. The first kappa shape index (κ1) is 16.9. The monoisotopic (exact) mass is 258 g/mol. The third-order valence-electron chi connectivity index (χ3n) is 2.89. The zero-order chi connectivity index (χ0) is 14.3. The Kier molecular flexibility index (Phi) is 7.59. The molecule has 0 aliphatic carbocycles. The van der Waals surface area contributed by atoms with E-state index in [2.05, 4.69) is 4.74 Å². The number of carbonyl (C=O) groups excluding carboxylic acids is 2. The minimum atomic E-state index is -0.301. The summed E-state index contributed by atoms with van der Waals surface area (Å²) in [5, 5.41) is 0. The van der Waals surface area contributed by atoms with Crippen molar-refractivity contribution in [2.45, 2.75) is 40.2 Å². The van der Waals surface area contributed by atoms with Crippen molar-refractivity contribution in [3.8, 4) is 0 Å². The molecule has 0 radical (unpaired) electrons. The zero-order valence-electron chi connectivity index (χ0n) is 12.1. The van der Waals surface area contributed by atoms with Crippen molar-refractivity contribution in [3.05, 3.63) is 0 Å². The maximum absolute atomic E-state index is 12.2. The molecule has 0 aromatic carbocycles. The molecule has 0 fully saturated rings. The van der Waals surface area contributed by atoms with Gasteiger partial charge in [-0.15, -0.1) is 0 Å². The van der Waals surface area contributed by atoms with Crippen LogP contribution in [0.5, 0.6) is 0 Å². The normalized spacial score (nSPS) is 14.2. The lowest BCUT2D eigenvalue weighted by molar-refractivity contribution is -0.142. The fraction of sp³-hybridized carbons (Fsp3) is 0.846. The van der Waals surface area contributed by atoms with E-state index >= 15 is 0 Å². The molecule has 0 aliphatic heterocycles. The first-order valence-corrected chi connectivity index (χ1v) is 6.40. The summed E-state index contributed by atoms with van der Waals surface area (Å²) in [7, 11) is 1.35. The molecule has 5 heteroatoms. The van der Waals surface area contributed by atoms with E-state index in [1.165, 1.54) is 7.11 Å². The van der Waals surface area contributed by atoms with Crippen LogP contribution in [0, 0.1) is 11.8 Å². The number of methoxy groups -OCH3 is 1. The summed E-state index contributed by atoms with van der Waals surface area (Å²) in [6, 6.07) is -0.190. The Labute approximate surface area is 110 Å². The van der Waals surface area contributed by atoms with Crippen LogP contribution in [0.15, 0.2) is 0 Å². The van der Waals surface area contributed by atoms with Gasteiger partial charge in [0.15, 0.2) is 0 Å². The van der Waals surface area contributed by atoms with Gasteiger partial charge in [-0.25, -0.2) is 0 Å². The third-order valence-corrected chi connectivity index (χ3v) is 2.89. The van der Waals surface area contributed by atoms with Crippen molar-refractivity contribution in [1.29, 1.82) is 0 Å². The van der Waals surface area contributed by atoms with Gasteiger partial charge in [-0.2, -0.15) is 0 Å². The van der Waals surface area contributed by atoms with E-state index in [0.29, 0.717) is 19.0 Å². The van der Waals surface area contributed by atoms with E-state index in [-0.39, 0.29) is 30.3 Å². The maximum atomic E-state index is 12.2. The molecule has 0 bridgehead atoms. The molecule has 0 saturated heterocycles. The van der Waals surface area contributed by atoms with Gasteiger partial charge < -0.3 is 15.4 Å². The summed E-state index contributed by atoms with van der Waals surface area (Å²) in [6.07, 6.45) is 0.223. The molecule has 0 heterocycles. The molecule has 5 nitrogen and oxygen atoms in total. The Hall–Kier alpha value is -1.10. The van der Waals surface area contributed by atoms with Crippen molar-refractivity contribution in [2.75, 3.05) is 20.2 Å². The quantitative estimate of drug-likeness (QED) is 0.692. The highest BCUT2D eigenvalue weighted by Gasteiger charge is 2.24. The van der Waals surface area contributed by atoms with E-state index in [1.807, 2.05) is 27.7 Å². The second kappa shape index (κ2) is 8.08.